The summed E-state index contributed by atoms with van der Waals surface area (Å²) in [6, 6.07) is 31.5. The molecule has 0 saturated carbocycles. The van der Waals surface area contributed by atoms with Crippen LogP contribution in [0.1, 0.15) is 24.5 Å². The Bertz CT molecular complexity index is 1610. The number of rotatable bonds is 6. The van der Waals surface area contributed by atoms with Gasteiger partial charge in [0.25, 0.3) is 0 Å². The Hall–Kier alpha value is -4.71. The second kappa shape index (κ2) is 9.87. The molecule has 1 aliphatic heterocycles. The molecule has 1 N–H and O–H groups in total. The average Bonchev–Trinajstić information content (AvgIpc) is 3.22. The van der Waals surface area contributed by atoms with Gasteiger partial charge in [-0.3, -0.25) is 0 Å². The first-order valence-corrected chi connectivity index (χ1v) is 12.7. The predicted octanol–water partition coefficient (Wildman–Crippen LogP) is 9.63. The Labute approximate surface area is 225 Å². The molecule has 1 atom stereocenters. The van der Waals surface area contributed by atoms with Crippen LogP contribution in [0.2, 0.25) is 0 Å². The van der Waals surface area contributed by atoms with E-state index >= 15 is 0 Å². The number of benzene rings is 4. The first kappa shape index (κ1) is 24.6. The zero-order valence-corrected chi connectivity index (χ0v) is 21.2. The van der Waals surface area contributed by atoms with Gasteiger partial charge >= 0.3 is 12.1 Å². The summed E-state index contributed by atoms with van der Waals surface area (Å²) in [4.78, 5) is 2.45. The Kier molecular flexibility index (Phi) is 6.23. The van der Waals surface area contributed by atoms with E-state index in [1.54, 1.807) is 12.1 Å². The molecule has 1 heterocycles. The molecule has 2 aliphatic rings. The highest BCUT2D eigenvalue weighted by Gasteiger charge is 2.45. The van der Waals surface area contributed by atoms with Gasteiger partial charge in [0.2, 0.25) is 0 Å². The quantitative estimate of drug-likeness (QED) is 0.255. The first-order valence-electron chi connectivity index (χ1n) is 12.7. The van der Waals surface area contributed by atoms with E-state index in [2.05, 4.69) is 94.7 Å². The summed E-state index contributed by atoms with van der Waals surface area (Å²) in [5.74, 6) is -0.00946. The van der Waals surface area contributed by atoms with Crippen molar-refractivity contribution in [2.24, 2.45) is 0 Å². The number of hydrogen-bond acceptors (Lipinski definition) is 3. The third-order valence-electron chi connectivity index (χ3n) is 7.26. The van der Waals surface area contributed by atoms with Gasteiger partial charge in [0, 0.05) is 28.3 Å². The van der Waals surface area contributed by atoms with Gasteiger partial charge in [-0.05, 0) is 90.7 Å². The minimum absolute atomic E-state index is 0.00946. The summed E-state index contributed by atoms with van der Waals surface area (Å²) in [5.41, 5.74) is 8.66. The van der Waals surface area contributed by atoms with Gasteiger partial charge in [-0.25, -0.2) is 0 Å². The Morgan fingerprint density at radius 3 is 2.13 bits per heavy atom. The van der Waals surface area contributed by atoms with E-state index in [0.717, 1.165) is 23.4 Å². The van der Waals surface area contributed by atoms with E-state index in [0.29, 0.717) is 0 Å². The van der Waals surface area contributed by atoms with Crippen molar-refractivity contribution < 1.29 is 17.9 Å². The molecule has 6 rings (SSSR count). The largest absolute Gasteiger partial charge is 0.428 e. The smallest absolute Gasteiger partial charge is 0.344 e. The van der Waals surface area contributed by atoms with Crippen molar-refractivity contribution in [2.45, 2.75) is 18.9 Å². The molecule has 0 saturated heterocycles. The Morgan fingerprint density at radius 1 is 0.795 bits per heavy atom. The van der Waals surface area contributed by atoms with Gasteiger partial charge in [-0.15, -0.1) is 0 Å². The molecule has 3 nitrogen and oxygen atoms in total. The minimum atomic E-state index is -2.49. The number of nitrogens with one attached hydrogen (secondary N) is 1. The van der Waals surface area contributed by atoms with Crippen LogP contribution in [0.4, 0.5) is 35.9 Å². The van der Waals surface area contributed by atoms with Crippen molar-refractivity contribution in [3.05, 3.63) is 139 Å². The number of para-hydroxylation sites is 2. The van der Waals surface area contributed by atoms with Crippen molar-refractivity contribution >= 4 is 33.9 Å². The van der Waals surface area contributed by atoms with Crippen LogP contribution in [-0.4, -0.2) is 5.54 Å². The van der Waals surface area contributed by atoms with E-state index in [1.165, 1.54) is 40.2 Å². The molecular weight excluding hydrogens is 497 g/mol. The minimum Gasteiger partial charge on any atom is -0.428 e. The summed E-state index contributed by atoms with van der Waals surface area (Å²) in [7, 11) is 0. The normalized spacial score (nSPS) is 17.5. The highest BCUT2D eigenvalue weighted by Crippen LogP contribution is 2.55. The van der Waals surface area contributed by atoms with Crippen LogP contribution in [-0.2, 0) is 0 Å². The van der Waals surface area contributed by atoms with Crippen LogP contribution in [0.5, 0.6) is 5.75 Å². The maximum absolute atomic E-state index is 13.0. The Morgan fingerprint density at radius 2 is 1.44 bits per heavy atom. The fourth-order valence-corrected chi connectivity index (χ4v) is 5.39. The highest BCUT2D eigenvalue weighted by atomic mass is 19.3. The summed E-state index contributed by atoms with van der Waals surface area (Å²) >= 11 is 0. The van der Waals surface area contributed by atoms with Crippen LogP contribution >= 0.6 is 0 Å². The number of fused-ring (bicyclic) bond motifs is 3. The summed E-state index contributed by atoms with van der Waals surface area (Å²) in [6.45, 7) is 2.31. The molecule has 0 aromatic heterocycles. The van der Waals surface area contributed by atoms with Gasteiger partial charge < -0.3 is 15.0 Å². The Balaban J connectivity index is 1.22. The van der Waals surface area contributed by atoms with Gasteiger partial charge in [-0.1, -0.05) is 54.6 Å². The van der Waals surface area contributed by atoms with Crippen molar-refractivity contribution in [3.8, 4) is 5.75 Å². The number of anilines is 4. The zero-order valence-electron chi connectivity index (χ0n) is 21.2. The predicted molar refractivity (Wildman–Crippen MR) is 151 cm³/mol. The third kappa shape index (κ3) is 4.59. The SMILES string of the molecule is CC12CC=C(c3ccc(Nc4ccc(OC(F)=C(F)F)cc4)cc3)C=C1c1ccccc1N2c1ccccc1. The first-order chi connectivity index (χ1) is 18.9. The van der Waals surface area contributed by atoms with E-state index < -0.39 is 12.1 Å². The maximum atomic E-state index is 13.0. The highest BCUT2D eigenvalue weighted by molar-refractivity contribution is 6.01. The molecule has 4 aromatic carbocycles. The lowest BCUT2D eigenvalue weighted by molar-refractivity contribution is 0.241. The number of nitrogens with zero attached hydrogens (tertiary/aromatic N) is 1. The molecule has 0 amide bonds. The van der Waals surface area contributed by atoms with Gasteiger partial charge in [-0.2, -0.15) is 13.2 Å². The molecule has 39 heavy (non-hydrogen) atoms. The van der Waals surface area contributed by atoms with E-state index in [9.17, 15) is 13.2 Å². The lowest BCUT2D eigenvalue weighted by atomic mass is 9.80. The van der Waals surface area contributed by atoms with E-state index in [4.69, 9.17) is 0 Å². The molecule has 6 heteroatoms. The maximum Gasteiger partial charge on any atom is 0.344 e. The van der Waals surface area contributed by atoms with Crippen molar-refractivity contribution in [2.75, 3.05) is 10.2 Å². The van der Waals surface area contributed by atoms with E-state index in [-0.39, 0.29) is 11.3 Å². The van der Waals surface area contributed by atoms with Gasteiger partial charge in [0.05, 0.1) is 5.54 Å². The zero-order chi connectivity index (χ0) is 27.0. The van der Waals surface area contributed by atoms with Crippen LogP contribution in [0, 0.1) is 0 Å². The average molecular weight is 523 g/mol. The van der Waals surface area contributed by atoms with Crippen LogP contribution in [0.15, 0.2) is 127 Å². The van der Waals surface area contributed by atoms with Crippen LogP contribution in [0.3, 0.4) is 0 Å². The third-order valence-corrected chi connectivity index (χ3v) is 7.26. The number of halogens is 3. The van der Waals surface area contributed by atoms with Gasteiger partial charge in [0.15, 0.2) is 0 Å². The second-order valence-electron chi connectivity index (χ2n) is 9.75. The lowest BCUT2D eigenvalue weighted by Crippen LogP contribution is -2.40. The topological polar surface area (TPSA) is 24.5 Å². The van der Waals surface area contributed by atoms with Gasteiger partial charge in [0.1, 0.15) is 5.75 Å². The summed E-state index contributed by atoms with van der Waals surface area (Å²) in [6.07, 6.45) is 2.99. The molecule has 0 fully saturated rings. The standard InChI is InChI=1S/C33H25F3N2O/c1-33-20-19-23(21-29(33)28-9-5-6-10-30(28)38(33)26-7-3-2-4-8-26)22-11-13-24(14-12-22)37-25-15-17-27(18-16-25)39-32(36)31(34)35/h2-19,21,37H,20H2,1H3. The molecule has 1 aliphatic carbocycles. The second-order valence-corrected chi connectivity index (χ2v) is 9.75. The molecule has 4 aromatic rings. The summed E-state index contributed by atoms with van der Waals surface area (Å²) < 4.78 is 42.0. The van der Waals surface area contributed by atoms with Crippen LogP contribution < -0.4 is 15.0 Å². The van der Waals surface area contributed by atoms with E-state index in [1.807, 2.05) is 18.2 Å². The van der Waals surface area contributed by atoms with Crippen LogP contribution in [0.25, 0.3) is 11.1 Å². The molecule has 1 unspecified atom stereocenters. The number of allylic oxidation sites excluding steroid dienone is 2. The number of hydrogen-bond donors (Lipinski definition) is 1. The monoisotopic (exact) mass is 522 g/mol. The molecular formula is C33H25F3N2O. The fraction of sp³-hybridized carbons (Fsp3) is 0.0909. The lowest BCUT2D eigenvalue weighted by Gasteiger charge is -2.39. The van der Waals surface area contributed by atoms with Crippen molar-refractivity contribution in [1.82, 2.24) is 0 Å². The van der Waals surface area contributed by atoms with Crippen molar-refractivity contribution in [3.63, 3.8) is 0 Å². The molecule has 0 spiro atoms. The molecule has 0 bridgehead atoms. The number of ether oxygens (including phenoxy) is 1. The molecule has 194 valence electrons. The summed E-state index contributed by atoms with van der Waals surface area (Å²) in [5, 5.41) is 3.27. The fourth-order valence-electron chi connectivity index (χ4n) is 5.39. The van der Waals surface area contributed by atoms with Crippen molar-refractivity contribution in [1.29, 1.82) is 0 Å². The molecule has 0 radical (unpaired) electrons.